The fourth-order valence-electron chi connectivity index (χ4n) is 1.50. The maximum atomic E-state index is 12.5. The zero-order valence-corrected chi connectivity index (χ0v) is 13.1. The van der Waals surface area contributed by atoms with Crippen LogP contribution in [-0.2, 0) is 4.79 Å². The first-order valence-corrected chi connectivity index (χ1v) is 6.91. The molecule has 1 aromatic carbocycles. The lowest BCUT2D eigenvalue weighted by molar-refractivity contribution is -0.121. The Labute approximate surface area is 161 Å². The summed E-state index contributed by atoms with van der Waals surface area (Å²) >= 11 is 11.6. The molecule has 23 heavy (non-hydrogen) atoms. The molecule has 0 aliphatic carbocycles. The van der Waals surface area contributed by atoms with E-state index in [1.54, 1.807) is 0 Å². The number of halogens is 2. The van der Waals surface area contributed by atoms with E-state index < -0.39 is 63.5 Å². The van der Waals surface area contributed by atoms with Crippen LogP contribution in [0.15, 0.2) is 18.2 Å². The van der Waals surface area contributed by atoms with E-state index in [9.17, 15) is 19.6 Å². The third-order valence-electron chi connectivity index (χ3n) is 2.52. The Morgan fingerprint density at radius 1 is 1.43 bits per heavy atom. The van der Waals surface area contributed by atoms with Gasteiger partial charge in [-0.05, 0) is 30.5 Å². The predicted octanol–water partition coefficient (Wildman–Crippen LogP) is 2.50. The Hall–Kier alpha value is -1.08. The summed E-state index contributed by atoms with van der Waals surface area (Å²) in [5.41, 5.74) is -0.241. The maximum Gasteiger partial charge on any atom is 0.475 e. The number of carbonyl (C=O) groups is 2. The van der Waals surface area contributed by atoms with Crippen molar-refractivity contribution in [2.24, 2.45) is 5.89 Å². The molecular weight excluding hydrogens is 340 g/mol. The zero-order valence-electron chi connectivity index (χ0n) is 22.6. The lowest BCUT2D eigenvalue weighted by Crippen LogP contribution is -2.47. The number of rotatable bonds is 8. The van der Waals surface area contributed by atoms with Gasteiger partial charge in [-0.2, -0.15) is 0 Å². The molecule has 1 atom stereocenters. The first-order chi connectivity index (χ1) is 15.0. The Morgan fingerprint density at radius 3 is 2.74 bits per heavy atom. The minimum absolute atomic E-state index is 0.0792. The second kappa shape index (κ2) is 9.28. The van der Waals surface area contributed by atoms with E-state index in [4.69, 9.17) is 38.3 Å². The highest BCUT2D eigenvalue weighted by atomic mass is 35.5. The maximum absolute atomic E-state index is 12.5. The Kier molecular flexibility index (Phi) is 3.57. The van der Waals surface area contributed by atoms with Crippen LogP contribution in [0.1, 0.15) is 58.3 Å². The molecule has 0 spiro atoms. The topological polar surface area (TPSA) is 86.6 Å². The highest BCUT2D eigenvalue weighted by Crippen LogP contribution is 2.22. The molecular formula is C15H20BCl2NO4. The van der Waals surface area contributed by atoms with Gasteiger partial charge in [-0.1, -0.05) is 36.9 Å². The summed E-state index contributed by atoms with van der Waals surface area (Å²) in [4.78, 5) is 25.0. The number of benzene rings is 1. The fraction of sp³-hybridized carbons (Fsp3) is 0.467. The van der Waals surface area contributed by atoms with E-state index in [0.717, 1.165) is 6.07 Å². The Bertz CT molecular complexity index is 926. The fourth-order valence-corrected chi connectivity index (χ4v) is 1.89. The molecule has 1 aromatic rings. The van der Waals surface area contributed by atoms with Crippen molar-refractivity contribution >= 4 is 42.0 Å². The van der Waals surface area contributed by atoms with Crippen LogP contribution in [0.2, 0.25) is 10.0 Å². The lowest BCUT2D eigenvalue weighted by Gasteiger charge is -2.19. The minimum Gasteiger partial charge on any atom is -0.426 e. The highest BCUT2D eigenvalue weighted by molar-refractivity contribution is 6.43. The van der Waals surface area contributed by atoms with Crippen molar-refractivity contribution in [3.63, 3.8) is 0 Å². The van der Waals surface area contributed by atoms with Gasteiger partial charge in [0.05, 0.1) is 11.0 Å². The SMILES string of the molecule is [2H]C([2H])(CC(=O)c1cc(Cl)ccc1Cl)C(=O)N[C@H](B(O)O)C([2H])([2H])C([2H])(C([2H])([2H])[2H])C([2H])([2H])[2H]. The molecule has 1 rings (SSSR count). The number of ketones is 1. The summed E-state index contributed by atoms with van der Waals surface area (Å²) in [7, 11) is -2.96. The van der Waals surface area contributed by atoms with Gasteiger partial charge in [0.1, 0.15) is 0 Å². The van der Waals surface area contributed by atoms with Crippen molar-refractivity contribution in [3.05, 3.63) is 33.8 Å². The van der Waals surface area contributed by atoms with Gasteiger partial charge in [0.2, 0.25) is 5.91 Å². The summed E-state index contributed by atoms with van der Waals surface area (Å²) in [6, 6.07) is 3.71. The number of carbonyl (C=O) groups excluding carboxylic acids is 2. The van der Waals surface area contributed by atoms with Crippen molar-refractivity contribution in [2.75, 3.05) is 0 Å². The second-order valence-corrected chi connectivity index (χ2v) is 5.13. The highest BCUT2D eigenvalue weighted by Gasteiger charge is 2.26. The van der Waals surface area contributed by atoms with Crippen molar-refractivity contribution < 1.29 is 34.7 Å². The molecule has 0 aliphatic heterocycles. The first-order valence-electron chi connectivity index (χ1n) is 11.7. The number of hydrogen-bond acceptors (Lipinski definition) is 4. The van der Waals surface area contributed by atoms with Crippen LogP contribution in [0.3, 0.4) is 0 Å². The van der Waals surface area contributed by atoms with Gasteiger partial charge in [0.15, 0.2) is 5.78 Å². The number of Topliss-reactive ketones (excluding diaryl/α,β-unsaturated/α-hetero) is 1. The molecule has 126 valence electrons. The molecule has 0 bridgehead atoms. The van der Waals surface area contributed by atoms with Gasteiger partial charge in [-0.15, -0.1) is 0 Å². The van der Waals surface area contributed by atoms with E-state index in [0.29, 0.717) is 0 Å². The van der Waals surface area contributed by atoms with Gasteiger partial charge in [0, 0.05) is 38.5 Å². The summed E-state index contributed by atoms with van der Waals surface area (Å²) in [6.07, 6.45) is -8.19. The number of amides is 1. The first kappa shape index (κ1) is 8.86. The van der Waals surface area contributed by atoms with Crippen LogP contribution in [-0.4, -0.2) is 34.8 Å². The summed E-state index contributed by atoms with van der Waals surface area (Å²) in [5, 5.41) is 20.7. The quantitative estimate of drug-likeness (QED) is 0.484. The largest absolute Gasteiger partial charge is 0.475 e. The predicted molar refractivity (Wildman–Crippen MR) is 91.6 cm³/mol. The van der Waals surface area contributed by atoms with E-state index >= 15 is 0 Å². The van der Waals surface area contributed by atoms with E-state index in [-0.39, 0.29) is 15.6 Å². The molecule has 8 heteroatoms. The zero-order chi connectivity index (χ0) is 27.1. The number of nitrogens with one attached hydrogen (secondary N) is 1. The van der Waals surface area contributed by atoms with Crippen LogP contribution in [0.5, 0.6) is 0 Å². The molecule has 0 saturated carbocycles. The van der Waals surface area contributed by atoms with E-state index in [2.05, 4.69) is 0 Å². The molecule has 5 nitrogen and oxygen atoms in total. The van der Waals surface area contributed by atoms with Gasteiger partial charge in [-0.25, -0.2) is 0 Å². The molecule has 0 aliphatic rings. The molecule has 0 unspecified atom stereocenters. The van der Waals surface area contributed by atoms with Crippen molar-refractivity contribution in [2.45, 2.75) is 38.8 Å². The minimum atomic E-state index is -3.98. The Balaban J connectivity index is 3.34. The Morgan fingerprint density at radius 2 is 2.13 bits per heavy atom. The lowest BCUT2D eigenvalue weighted by atomic mass is 9.75. The van der Waals surface area contributed by atoms with Crippen LogP contribution >= 0.6 is 23.2 Å². The van der Waals surface area contributed by atoms with Gasteiger partial charge >= 0.3 is 7.12 Å². The van der Waals surface area contributed by atoms with Crippen LogP contribution in [0.4, 0.5) is 0 Å². The normalized spacial score (nSPS) is 22.0. The van der Waals surface area contributed by atoms with Gasteiger partial charge < -0.3 is 15.4 Å². The smallest absolute Gasteiger partial charge is 0.426 e. The van der Waals surface area contributed by atoms with Crippen molar-refractivity contribution in [1.82, 2.24) is 5.32 Å². The molecule has 0 fully saturated rings. The monoisotopic (exact) mass is 370 g/mol. The van der Waals surface area contributed by atoms with Crippen molar-refractivity contribution in [1.29, 1.82) is 0 Å². The summed E-state index contributed by atoms with van der Waals surface area (Å²) in [6.45, 7) is -7.70. The average Bonchev–Trinajstić information content (AvgIpc) is 2.64. The molecule has 3 N–H and O–H groups in total. The van der Waals surface area contributed by atoms with Crippen LogP contribution in [0, 0.1) is 5.89 Å². The van der Waals surface area contributed by atoms with Gasteiger partial charge in [0.25, 0.3) is 0 Å². The third-order valence-corrected chi connectivity index (χ3v) is 3.09. The van der Waals surface area contributed by atoms with Crippen molar-refractivity contribution in [3.8, 4) is 0 Å². The average molecular weight is 371 g/mol. The van der Waals surface area contributed by atoms with Crippen LogP contribution in [0.25, 0.3) is 0 Å². The molecule has 1 amide bonds. The van der Waals surface area contributed by atoms with Crippen LogP contribution < -0.4 is 5.32 Å². The third kappa shape index (κ3) is 6.91. The molecule has 0 heterocycles. The molecule has 0 radical (unpaired) electrons. The number of hydrogen-bond donors (Lipinski definition) is 3. The van der Waals surface area contributed by atoms with Gasteiger partial charge in [-0.3, -0.25) is 9.59 Å². The van der Waals surface area contributed by atoms with E-state index in [1.807, 2.05) is 0 Å². The summed E-state index contributed by atoms with van der Waals surface area (Å²) in [5.74, 6) is -9.58. The van der Waals surface area contributed by atoms with E-state index in [1.165, 1.54) is 17.4 Å². The second-order valence-electron chi connectivity index (χ2n) is 4.28. The summed E-state index contributed by atoms with van der Waals surface area (Å²) < 4.78 is 84.1. The molecule has 0 saturated heterocycles. The standard InChI is InChI=1S/C15H20BCl2NO4/c1-9(2)7-14(16(22)23)19-15(21)6-5-13(20)11-8-10(17)3-4-12(11)18/h3-4,8-9,14,22-23H,5-7H2,1-2H3,(H,19,21)/t14-/m0/s1/i1D3,2D3,6D2,7D2,9D. The molecule has 0 aromatic heterocycles.